The predicted octanol–water partition coefficient (Wildman–Crippen LogP) is 0.988. The molecule has 0 aromatic carbocycles. The van der Waals surface area contributed by atoms with Crippen LogP contribution in [-0.4, -0.2) is 21.9 Å². The molecule has 6 heteroatoms. The number of carbonyl (C=O) groups is 1. The van der Waals surface area contributed by atoms with E-state index in [1.54, 1.807) is 6.92 Å². The molecule has 1 aromatic heterocycles. The van der Waals surface area contributed by atoms with Gasteiger partial charge in [0.25, 0.3) is 0 Å². The Kier molecular flexibility index (Phi) is 2.98. The number of nitrogens with zero attached hydrogens (tertiary/aromatic N) is 2. The third-order valence-electron chi connectivity index (χ3n) is 1.09. The van der Waals surface area contributed by atoms with Crippen LogP contribution >= 0.6 is 11.5 Å². The first kappa shape index (κ1) is 8.92. The van der Waals surface area contributed by atoms with Gasteiger partial charge in [-0.3, -0.25) is 5.32 Å². The largest absolute Gasteiger partial charge is 0.338 e. The molecule has 0 aliphatic rings. The number of aromatic nitrogens is 2. The zero-order chi connectivity index (χ0) is 8.97. The van der Waals surface area contributed by atoms with Crippen molar-refractivity contribution in [2.75, 3.05) is 11.9 Å². The molecular formula is C6H10N4OS. The van der Waals surface area contributed by atoms with Crippen LogP contribution in [0.25, 0.3) is 0 Å². The van der Waals surface area contributed by atoms with Gasteiger partial charge in [-0.1, -0.05) is 0 Å². The highest BCUT2D eigenvalue weighted by Crippen LogP contribution is 2.08. The molecule has 0 aliphatic heterocycles. The highest BCUT2D eigenvalue weighted by molar-refractivity contribution is 7.09. The Labute approximate surface area is 74.4 Å². The van der Waals surface area contributed by atoms with Gasteiger partial charge in [-0.05, 0) is 13.8 Å². The van der Waals surface area contributed by atoms with Crippen LogP contribution in [0.5, 0.6) is 0 Å². The van der Waals surface area contributed by atoms with Crippen molar-refractivity contribution in [1.82, 2.24) is 14.7 Å². The SMILES string of the molecule is CCNC(=O)Nc1nc(C)ns1. The van der Waals surface area contributed by atoms with Gasteiger partial charge < -0.3 is 5.32 Å². The van der Waals surface area contributed by atoms with Gasteiger partial charge in [0.2, 0.25) is 5.13 Å². The van der Waals surface area contributed by atoms with E-state index < -0.39 is 0 Å². The van der Waals surface area contributed by atoms with Gasteiger partial charge in [-0.2, -0.15) is 4.37 Å². The summed E-state index contributed by atoms with van der Waals surface area (Å²) in [7, 11) is 0. The average molecular weight is 186 g/mol. The molecule has 66 valence electrons. The Hall–Kier alpha value is -1.17. The minimum absolute atomic E-state index is 0.242. The first-order chi connectivity index (χ1) is 5.72. The monoisotopic (exact) mass is 186 g/mol. The number of aryl methyl sites for hydroxylation is 1. The summed E-state index contributed by atoms with van der Waals surface area (Å²) in [4.78, 5) is 14.9. The summed E-state index contributed by atoms with van der Waals surface area (Å²) in [5.41, 5.74) is 0. The summed E-state index contributed by atoms with van der Waals surface area (Å²) in [5.74, 6) is 0.673. The van der Waals surface area contributed by atoms with Crippen molar-refractivity contribution >= 4 is 22.7 Å². The number of nitrogens with one attached hydrogen (secondary N) is 2. The van der Waals surface area contributed by atoms with Crippen LogP contribution in [0.3, 0.4) is 0 Å². The summed E-state index contributed by atoms with van der Waals surface area (Å²) >= 11 is 1.17. The van der Waals surface area contributed by atoms with E-state index in [9.17, 15) is 4.79 Å². The van der Waals surface area contributed by atoms with Crippen LogP contribution in [0.1, 0.15) is 12.7 Å². The molecule has 0 atom stereocenters. The fraction of sp³-hybridized carbons (Fsp3) is 0.500. The van der Waals surface area contributed by atoms with Crippen LogP contribution in [0.15, 0.2) is 0 Å². The summed E-state index contributed by atoms with van der Waals surface area (Å²) in [5, 5.41) is 5.68. The number of anilines is 1. The molecule has 0 saturated carbocycles. The molecule has 5 nitrogen and oxygen atoms in total. The van der Waals surface area contributed by atoms with Gasteiger partial charge in [0, 0.05) is 18.1 Å². The smallest absolute Gasteiger partial charge is 0.321 e. The molecular weight excluding hydrogens is 176 g/mol. The minimum Gasteiger partial charge on any atom is -0.338 e. The van der Waals surface area contributed by atoms with Crippen molar-refractivity contribution in [3.8, 4) is 0 Å². The van der Waals surface area contributed by atoms with Gasteiger partial charge in [0.05, 0.1) is 0 Å². The van der Waals surface area contributed by atoms with Crippen molar-refractivity contribution in [2.24, 2.45) is 0 Å². The van der Waals surface area contributed by atoms with E-state index >= 15 is 0 Å². The second kappa shape index (κ2) is 4.01. The number of carbonyl (C=O) groups excluding carboxylic acids is 1. The zero-order valence-electron chi connectivity index (χ0n) is 6.92. The lowest BCUT2D eigenvalue weighted by atomic mass is 10.7. The molecule has 2 N–H and O–H groups in total. The van der Waals surface area contributed by atoms with Gasteiger partial charge in [0.1, 0.15) is 5.82 Å². The van der Waals surface area contributed by atoms with Crippen molar-refractivity contribution in [3.05, 3.63) is 5.82 Å². The summed E-state index contributed by atoms with van der Waals surface area (Å²) in [6.45, 7) is 4.23. The van der Waals surface area contributed by atoms with Gasteiger partial charge in [-0.15, -0.1) is 0 Å². The van der Waals surface area contributed by atoms with E-state index in [1.165, 1.54) is 11.5 Å². The molecule has 0 fully saturated rings. The Bertz CT molecular complexity index is 272. The Morgan fingerprint density at radius 2 is 2.42 bits per heavy atom. The van der Waals surface area contributed by atoms with E-state index in [0.717, 1.165) is 0 Å². The highest BCUT2D eigenvalue weighted by Gasteiger charge is 2.03. The predicted molar refractivity (Wildman–Crippen MR) is 47.3 cm³/mol. The molecule has 2 amide bonds. The molecule has 0 saturated heterocycles. The molecule has 0 aliphatic carbocycles. The van der Waals surface area contributed by atoms with Crippen LogP contribution in [0, 0.1) is 6.92 Å². The van der Waals surface area contributed by atoms with Crippen LogP contribution in [-0.2, 0) is 0 Å². The topological polar surface area (TPSA) is 66.9 Å². The van der Waals surface area contributed by atoms with Crippen molar-refractivity contribution in [3.63, 3.8) is 0 Å². The lowest BCUT2D eigenvalue weighted by molar-refractivity contribution is 0.252. The highest BCUT2D eigenvalue weighted by atomic mass is 32.1. The maximum Gasteiger partial charge on any atom is 0.321 e. The molecule has 0 unspecified atom stereocenters. The molecule has 1 heterocycles. The number of rotatable bonds is 2. The maximum absolute atomic E-state index is 10.9. The third-order valence-corrected chi connectivity index (χ3v) is 1.81. The minimum atomic E-state index is -0.242. The Balaban J connectivity index is 2.46. The van der Waals surface area contributed by atoms with Crippen molar-refractivity contribution < 1.29 is 4.79 Å². The number of urea groups is 1. The summed E-state index contributed by atoms with van der Waals surface area (Å²) in [6.07, 6.45) is 0. The second-order valence-electron chi connectivity index (χ2n) is 2.13. The summed E-state index contributed by atoms with van der Waals surface area (Å²) in [6, 6.07) is -0.242. The fourth-order valence-corrected chi connectivity index (χ4v) is 1.22. The Morgan fingerprint density at radius 3 is 2.92 bits per heavy atom. The zero-order valence-corrected chi connectivity index (χ0v) is 7.73. The molecule has 0 radical (unpaired) electrons. The van der Waals surface area contributed by atoms with Crippen molar-refractivity contribution in [2.45, 2.75) is 13.8 Å². The average Bonchev–Trinajstić information content (AvgIpc) is 2.36. The standard InChI is InChI=1S/C6H10N4OS/c1-3-7-5(11)9-6-8-4(2)10-12-6/h3H2,1-2H3,(H2,7,8,9,10,11). The van der Waals surface area contributed by atoms with E-state index in [-0.39, 0.29) is 6.03 Å². The number of hydrogen-bond acceptors (Lipinski definition) is 4. The molecule has 12 heavy (non-hydrogen) atoms. The third kappa shape index (κ3) is 2.46. The first-order valence-corrected chi connectivity index (χ1v) is 4.35. The lowest BCUT2D eigenvalue weighted by Crippen LogP contribution is -2.28. The van der Waals surface area contributed by atoms with E-state index in [4.69, 9.17) is 0 Å². The molecule has 1 aromatic rings. The van der Waals surface area contributed by atoms with Crippen LogP contribution in [0.2, 0.25) is 0 Å². The lowest BCUT2D eigenvalue weighted by Gasteiger charge is -1.99. The fourth-order valence-electron chi connectivity index (χ4n) is 0.650. The normalized spacial score (nSPS) is 9.50. The summed E-state index contributed by atoms with van der Waals surface area (Å²) < 4.78 is 3.92. The van der Waals surface area contributed by atoms with Gasteiger partial charge in [0.15, 0.2) is 0 Å². The molecule has 1 rings (SSSR count). The molecule has 0 spiro atoms. The maximum atomic E-state index is 10.9. The van der Waals surface area contributed by atoms with Gasteiger partial charge >= 0.3 is 6.03 Å². The Morgan fingerprint density at radius 1 is 1.67 bits per heavy atom. The molecule has 0 bridgehead atoms. The number of hydrogen-bond donors (Lipinski definition) is 2. The number of amides is 2. The van der Waals surface area contributed by atoms with E-state index in [1.807, 2.05) is 6.92 Å². The van der Waals surface area contributed by atoms with Crippen LogP contribution < -0.4 is 10.6 Å². The van der Waals surface area contributed by atoms with E-state index in [0.29, 0.717) is 17.5 Å². The van der Waals surface area contributed by atoms with E-state index in [2.05, 4.69) is 20.0 Å². The quantitative estimate of drug-likeness (QED) is 0.723. The second-order valence-corrected chi connectivity index (χ2v) is 2.88. The first-order valence-electron chi connectivity index (χ1n) is 3.57. The van der Waals surface area contributed by atoms with Crippen LogP contribution in [0.4, 0.5) is 9.93 Å². The van der Waals surface area contributed by atoms with Crippen molar-refractivity contribution in [1.29, 1.82) is 0 Å². The van der Waals surface area contributed by atoms with Gasteiger partial charge in [-0.25, -0.2) is 9.78 Å².